The Labute approximate surface area is 131 Å². The van der Waals surface area contributed by atoms with E-state index in [0.717, 1.165) is 20.9 Å². The fourth-order valence-electron chi connectivity index (χ4n) is 2.69. The molecule has 0 spiro atoms. The number of allylic oxidation sites excluding steroid dienone is 1. The Morgan fingerprint density at radius 3 is 2.95 bits per heavy atom. The van der Waals surface area contributed by atoms with Gasteiger partial charge >= 0.3 is 5.97 Å². The maximum atomic E-state index is 12.3. The summed E-state index contributed by atoms with van der Waals surface area (Å²) in [6.07, 6.45) is 7.73. The monoisotopic (exact) mass is 310 g/mol. The first-order valence-corrected chi connectivity index (χ1v) is 7.93. The molecule has 2 unspecified atom stereocenters. The van der Waals surface area contributed by atoms with Crippen LogP contribution in [0.1, 0.15) is 5.01 Å². The molecule has 22 heavy (non-hydrogen) atoms. The highest BCUT2D eigenvalue weighted by Gasteiger charge is 2.32. The summed E-state index contributed by atoms with van der Waals surface area (Å²) >= 11 is 1.52. The number of nitrogens with one attached hydrogen (secondary N) is 1. The van der Waals surface area contributed by atoms with Crippen molar-refractivity contribution >= 4 is 33.1 Å². The van der Waals surface area contributed by atoms with Gasteiger partial charge in [-0.1, -0.05) is 24.3 Å². The summed E-state index contributed by atoms with van der Waals surface area (Å²) in [5.74, 6) is -0.237. The lowest BCUT2D eigenvalue weighted by atomic mass is 9.91. The zero-order valence-electron chi connectivity index (χ0n) is 11.9. The van der Waals surface area contributed by atoms with E-state index in [9.17, 15) is 4.79 Å². The van der Waals surface area contributed by atoms with Gasteiger partial charge in [-0.15, -0.1) is 11.3 Å². The van der Waals surface area contributed by atoms with Gasteiger partial charge in [0.15, 0.2) is 0 Å². The van der Waals surface area contributed by atoms with Crippen LogP contribution in [-0.4, -0.2) is 24.1 Å². The standard InChI is InChI=1S/C17H14N2O2S/c1-18-11-7-6-10-8-12(17(20)21-14(10)9-11)16-19-13-4-2-3-5-15(13)22-16/h2-10,14,18H,1H3. The molecule has 2 atom stereocenters. The van der Waals surface area contributed by atoms with Crippen LogP contribution in [0.4, 0.5) is 0 Å². The number of hydrogen-bond acceptors (Lipinski definition) is 5. The number of benzene rings is 1. The van der Waals surface area contributed by atoms with Crippen molar-refractivity contribution in [3.63, 3.8) is 0 Å². The van der Waals surface area contributed by atoms with Crippen LogP contribution in [0.5, 0.6) is 0 Å². The van der Waals surface area contributed by atoms with E-state index in [1.165, 1.54) is 11.3 Å². The van der Waals surface area contributed by atoms with Crippen molar-refractivity contribution in [1.82, 2.24) is 10.3 Å². The lowest BCUT2D eigenvalue weighted by Gasteiger charge is -2.28. The van der Waals surface area contributed by atoms with Crippen molar-refractivity contribution in [3.05, 3.63) is 59.3 Å². The Bertz CT molecular complexity index is 814. The maximum Gasteiger partial charge on any atom is 0.341 e. The fraction of sp³-hybridized carbons (Fsp3) is 0.176. The molecular weight excluding hydrogens is 296 g/mol. The van der Waals surface area contributed by atoms with Crippen LogP contribution in [0.2, 0.25) is 0 Å². The van der Waals surface area contributed by atoms with Crippen molar-refractivity contribution in [2.24, 2.45) is 5.92 Å². The molecule has 110 valence electrons. The van der Waals surface area contributed by atoms with E-state index in [1.807, 2.05) is 49.5 Å². The molecule has 1 N–H and O–H groups in total. The Hall–Kier alpha value is -2.40. The third kappa shape index (κ3) is 2.14. The largest absolute Gasteiger partial charge is 0.453 e. The zero-order valence-corrected chi connectivity index (χ0v) is 12.8. The first-order chi connectivity index (χ1) is 10.7. The zero-order chi connectivity index (χ0) is 15.1. The third-order valence-electron chi connectivity index (χ3n) is 3.86. The van der Waals surface area contributed by atoms with Crippen molar-refractivity contribution in [3.8, 4) is 0 Å². The predicted molar refractivity (Wildman–Crippen MR) is 87.2 cm³/mol. The number of rotatable bonds is 2. The molecule has 2 aliphatic rings. The van der Waals surface area contributed by atoms with E-state index in [4.69, 9.17) is 4.74 Å². The second-order valence-electron chi connectivity index (χ2n) is 5.25. The summed E-state index contributed by atoms with van der Waals surface area (Å²) in [5, 5.41) is 3.79. The summed E-state index contributed by atoms with van der Waals surface area (Å²) in [5.41, 5.74) is 2.44. The Balaban J connectivity index is 1.73. The molecule has 1 aliphatic carbocycles. The molecule has 2 aromatic rings. The molecule has 0 amide bonds. The van der Waals surface area contributed by atoms with Crippen LogP contribution in [0.3, 0.4) is 0 Å². The molecule has 0 bridgehead atoms. The number of carbonyl (C=O) groups is 1. The first kappa shape index (κ1) is 13.3. The maximum absolute atomic E-state index is 12.3. The molecule has 0 radical (unpaired) electrons. The Kier molecular flexibility index (Phi) is 3.08. The van der Waals surface area contributed by atoms with Gasteiger partial charge in [-0.25, -0.2) is 9.78 Å². The smallest absolute Gasteiger partial charge is 0.341 e. The molecule has 1 aliphatic heterocycles. The van der Waals surface area contributed by atoms with Gasteiger partial charge in [0.25, 0.3) is 0 Å². The van der Waals surface area contributed by atoms with Crippen molar-refractivity contribution in [2.45, 2.75) is 6.10 Å². The number of para-hydroxylation sites is 1. The lowest BCUT2D eigenvalue weighted by molar-refractivity contribution is -0.141. The quantitative estimate of drug-likeness (QED) is 0.867. The van der Waals surface area contributed by atoms with Crippen LogP contribution in [0.25, 0.3) is 15.8 Å². The number of aromatic nitrogens is 1. The Morgan fingerprint density at radius 1 is 1.27 bits per heavy atom. The molecular formula is C17H14N2O2S. The number of hydrogen-bond donors (Lipinski definition) is 1. The second kappa shape index (κ2) is 5.10. The van der Waals surface area contributed by atoms with Crippen LogP contribution in [-0.2, 0) is 9.53 Å². The minimum Gasteiger partial charge on any atom is -0.453 e. The van der Waals surface area contributed by atoms with Crippen LogP contribution in [0, 0.1) is 5.92 Å². The van der Waals surface area contributed by atoms with E-state index in [0.29, 0.717) is 5.57 Å². The SMILES string of the molecule is CNC1=CC2OC(=O)C(c3nc4ccccc4s3)=CC2C=C1. The van der Waals surface area contributed by atoms with Crippen LogP contribution in [0.15, 0.2) is 54.3 Å². The molecule has 0 saturated heterocycles. The summed E-state index contributed by atoms with van der Waals surface area (Å²) in [6, 6.07) is 7.89. The Morgan fingerprint density at radius 2 is 2.14 bits per heavy atom. The van der Waals surface area contributed by atoms with Gasteiger partial charge in [0.2, 0.25) is 0 Å². The van der Waals surface area contributed by atoms with Gasteiger partial charge in [-0.3, -0.25) is 0 Å². The molecule has 0 fully saturated rings. The second-order valence-corrected chi connectivity index (χ2v) is 6.28. The van der Waals surface area contributed by atoms with Crippen LogP contribution >= 0.6 is 11.3 Å². The number of carbonyl (C=O) groups excluding carboxylic acids is 1. The van der Waals surface area contributed by atoms with E-state index in [-0.39, 0.29) is 18.0 Å². The number of fused-ring (bicyclic) bond motifs is 2. The van der Waals surface area contributed by atoms with E-state index in [2.05, 4.69) is 16.4 Å². The van der Waals surface area contributed by atoms with Gasteiger partial charge < -0.3 is 10.1 Å². The molecule has 1 aromatic heterocycles. The van der Waals surface area contributed by atoms with E-state index in [1.54, 1.807) is 0 Å². The van der Waals surface area contributed by atoms with E-state index >= 15 is 0 Å². The van der Waals surface area contributed by atoms with Gasteiger partial charge in [0.1, 0.15) is 11.1 Å². The number of likely N-dealkylation sites (N-methyl/N-ethyl adjacent to an activating group) is 1. The van der Waals surface area contributed by atoms with Gasteiger partial charge in [0, 0.05) is 18.7 Å². The molecule has 5 heteroatoms. The highest BCUT2D eigenvalue weighted by molar-refractivity contribution is 7.19. The molecule has 2 heterocycles. The minimum atomic E-state index is -0.303. The van der Waals surface area contributed by atoms with Crippen molar-refractivity contribution < 1.29 is 9.53 Å². The fourth-order valence-corrected chi connectivity index (χ4v) is 3.67. The highest BCUT2D eigenvalue weighted by Crippen LogP contribution is 2.34. The highest BCUT2D eigenvalue weighted by atomic mass is 32.1. The van der Waals surface area contributed by atoms with Gasteiger partial charge in [-0.2, -0.15) is 0 Å². The topological polar surface area (TPSA) is 51.2 Å². The van der Waals surface area contributed by atoms with Gasteiger partial charge in [-0.05, 0) is 24.3 Å². The number of thiazole rings is 1. The molecule has 1 aromatic carbocycles. The lowest BCUT2D eigenvalue weighted by Crippen LogP contribution is -2.31. The summed E-state index contributed by atoms with van der Waals surface area (Å²) in [4.78, 5) is 16.9. The summed E-state index contributed by atoms with van der Waals surface area (Å²) in [6.45, 7) is 0. The average Bonchev–Trinajstić information content (AvgIpc) is 2.97. The van der Waals surface area contributed by atoms with Gasteiger partial charge in [0.05, 0.1) is 15.8 Å². The number of ether oxygens (including phenoxy) is 1. The average molecular weight is 310 g/mol. The molecule has 4 rings (SSSR count). The van der Waals surface area contributed by atoms with Crippen LogP contribution < -0.4 is 5.32 Å². The first-order valence-electron chi connectivity index (χ1n) is 7.11. The van der Waals surface area contributed by atoms with Crippen molar-refractivity contribution in [1.29, 1.82) is 0 Å². The normalized spacial score (nSPS) is 23.6. The summed E-state index contributed by atoms with van der Waals surface area (Å²) < 4.78 is 6.65. The minimum absolute atomic E-state index is 0.0665. The number of nitrogens with zero attached hydrogens (tertiary/aromatic N) is 1. The number of esters is 1. The predicted octanol–water partition coefficient (Wildman–Crippen LogP) is 2.89. The molecule has 4 nitrogen and oxygen atoms in total. The third-order valence-corrected chi connectivity index (χ3v) is 4.93. The molecule has 0 saturated carbocycles. The van der Waals surface area contributed by atoms with Crippen molar-refractivity contribution in [2.75, 3.05) is 7.05 Å². The van der Waals surface area contributed by atoms with E-state index < -0.39 is 0 Å². The summed E-state index contributed by atoms with van der Waals surface area (Å²) in [7, 11) is 1.85.